The molecule has 0 radical (unpaired) electrons. The van der Waals surface area contributed by atoms with Crippen LogP contribution in [0.2, 0.25) is 0 Å². The van der Waals surface area contributed by atoms with Crippen molar-refractivity contribution in [1.29, 1.82) is 0 Å². The number of hydrogen-bond acceptors (Lipinski definition) is 5. The lowest BCUT2D eigenvalue weighted by atomic mass is 9.89. The van der Waals surface area contributed by atoms with Gasteiger partial charge < -0.3 is 11.1 Å². The zero-order valence-electron chi connectivity index (χ0n) is 13.3. The van der Waals surface area contributed by atoms with E-state index >= 15 is 0 Å². The average molecular weight is 328 g/mol. The van der Waals surface area contributed by atoms with Gasteiger partial charge in [-0.05, 0) is 25.0 Å². The Hall–Kier alpha value is -2.77. The van der Waals surface area contributed by atoms with Crippen molar-refractivity contribution in [1.82, 2.24) is 25.1 Å². The Morgan fingerprint density at radius 2 is 1.75 bits per heavy atom. The molecule has 0 bridgehead atoms. The molecule has 1 saturated carbocycles. The van der Waals surface area contributed by atoms with Crippen LogP contribution in [0, 0.1) is 0 Å². The van der Waals surface area contributed by atoms with Crippen molar-refractivity contribution < 1.29 is 9.59 Å². The van der Waals surface area contributed by atoms with Crippen LogP contribution in [0.25, 0.3) is 5.82 Å². The summed E-state index contributed by atoms with van der Waals surface area (Å²) in [7, 11) is 0. The highest BCUT2D eigenvalue weighted by molar-refractivity contribution is 5.98. The third-order valence-electron chi connectivity index (χ3n) is 4.47. The average Bonchev–Trinajstić information content (AvgIpc) is 3.02. The van der Waals surface area contributed by atoms with E-state index in [1.807, 2.05) is 0 Å². The molecule has 8 heteroatoms. The van der Waals surface area contributed by atoms with E-state index in [1.54, 1.807) is 16.7 Å². The first-order valence-electron chi connectivity index (χ1n) is 8.04. The fourth-order valence-corrected chi connectivity index (χ4v) is 3.05. The Balaban J connectivity index is 1.76. The monoisotopic (exact) mass is 328 g/mol. The molecule has 0 saturated heterocycles. The molecule has 2 aromatic heterocycles. The third kappa shape index (κ3) is 3.27. The number of primary amides is 1. The van der Waals surface area contributed by atoms with Crippen LogP contribution in [0.15, 0.2) is 31.0 Å². The van der Waals surface area contributed by atoms with Crippen molar-refractivity contribution >= 4 is 11.8 Å². The van der Waals surface area contributed by atoms with E-state index in [1.165, 1.54) is 18.9 Å². The number of amides is 2. The molecule has 0 aromatic carbocycles. The highest BCUT2D eigenvalue weighted by Crippen LogP contribution is 2.27. The first kappa shape index (κ1) is 16.1. The predicted molar refractivity (Wildman–Crippen MR) is 86.2 cm³/mol. The summed E-state index contributed by atoms with van der Waals surface area (Å²) in [6.07, 6.45) is 9.56. The van der Waals surface area contributed by atoms with Crippen molar-refractivity contribution in [2.24, 2.45) is 5.73 Å². The second-order valence-electron chi connectivity index (χ2n) is 6.09. The quantitative estimate of drug-likeness (QED) is 0.811. The lowest BCUT2D eigenvalue weighted by molar-refractivity contribution is -0.124. The van der Waals surface area contributed by atoms with Gasteiger partial charge in [-0.3, -0.25) is 14.2 Å². The Bertz CT molecular complexity index is 703. The molecule has 126 valence electrons. The number of pyridine rings is 1. The highest BCUT2D eigenvalue weighted by Gasteiger charge is 2.38. The van der Waals surface area contributed by atoms with Gasteiger partial charge in [-0.2, -0.15) is 0 Å². The zero-order chi connectivity index (χ0) is 17.0. The van der Waals surface area contributed by atoms with Crippen molar-refractivity contribution in [2.45, 2.75) is 44.1 Å². The summed E-state index contributed by atoms with van der Waals surface area (Å²) in [5, 5.41) is 10.3. The normalized spacial score (nSPS) is 17.0. The topological polar surface area (TPSA) is 116 Å². The minimum atomic E-state index is -0.958. The minimum absolute atomic E-state index is 0.335. The number of carbonyl (C=O) groups is 2. The minimum Gasteiger partial charge on any atom is -0.368 e. The van der Waals surface area contributed by atoms with Gasteiger partial charge in [-0.15, -0.1) is 10.2 Å². The van der Waals surface area contributed by atoms with Gasteiger partial charge in [0.05, 0.1) is 5.56 Å². The van der Waals surface area contributed by atoms with Crippen LogP contribution in [-0.2, 0) is 4.79 Å². The first-order valence-corrected chi connectivity index (χ1v) is 8.04. The Morgan fingerprint density at radius 1 is 1.08 bits per heavy atom. The van der Waals surface area contributed by atoms with Crippen molar-refractivity contribution in [2.75, 3.05) is 0 Å². The maximum absolute atomic E-state index is 12.5. The fourth-order valence-electron chi connectivity index (χ4n) is 3.05. The number of carbonyl (C=O) groups excluding carboxylic acids is 2. The van der Waals surface area contributed by atoms with Gasteiger partial charge in [0.25, 0.3) is 5.91 Å². The summed E-state index contributed by atoms with van der Waals surface area (Å²) in [5.74, 6) is -0.194. The van der Waals surface area contributed by atoms with E-state index in [2.05, 4.69) is 20.5 Å². The molecule has 1 fully saturated rings. The number of rotatable bonds is 4. The van der Waals surface area contributed by atoms with Gasteiger partial charge >= 0.3 is 0 Å². The van der Waals surface area contributed by atoms with E-state index in [0.29, 0.717) is 24.2 Å². The fraction of sp³-hybridized carbons (Fsp3) is 0.438. The number of aromatic nitrogens is 4. The number of nitrogens with one attached hydrogen (secondary N) is 1. The third-order valence-corrected chi connectivity index (χ3v) is 4.47. The van der Waals surface area contributed by atoms with E-state index in [-0.39, 0.29) is 5.91 Å². The summed E-state index contributed by atoms with van der Waals surface area (Å²) in [4.78, 5) is 28.7. The van der Waals surface area contributed by atoms with Gasteiger partial charge in [-0.25, -0.2) is 4.98 Å². The first-order chi connectivity index (χ1) is 11.6. The van der Waals surface area contributed by atoms with Crippen molar-refractivity contribution in [3.63, 3.8) is 0 Å². The van der Waals surface area contributed by atoms with Crippen molar-refractivity contribution in [3.8, 4) is 5.82 Å². The largest absolute Gasteiger partial charge is 0.368 e. The molecule has 0 unspecified atom stereocenters. The van der Waals surface area contributed by atoms with E-state index in [9.17, 15) is 9.59 Å². The van der Waals surface area contributed by atoms with Crippen LogP contribution in [-0.4, -0.2) is 37.1 Å². The molecule has 8 nitrogen and oxygen atoms in total. The Morgan fingerprint density at radius 3 is 2.29 bits per heavy atom. The van der Waals surface area contributed by atoms with Crippen LogP contribution in [0.1, 0.15) is 48.9 Å². The van der Waals surface area contributed by atoms with Gasteiger partial charge in [-0.1, -0.05) is 25.7 Å². The maximum Gasteiger partial charge on any atom is 0.253 e. The van der Waals surface area contributed by atoms with Crippen molar-refractivity contribution in [3.05, 3.63) is 36.5 Å². The standard InChI is InChI=1S/C16H20N6O2/c17-15(24)16(7-3-1-2-4-8-16)21-14(23)12-5-6-13(18-9-12)22-10-19-20-11-22/h5-6,9-11H,1-4,7-8H2,(H2,17,24)(H,21,23). The molecule has 24 heavy (non-hydrogen) atoms. The maximum atomic E-state index is 12.5. The van der Waals surface area contributed by atoms with Gasteiger partial charge in [0.1, 0.15) is 24.0 Å². The lowest BCUT2D eigenvalue weighted by Gasteiger charge is -2.30. The zero-order valence-corrected chi connectivity index (χ0v) is 13.3. The molecule has 1 aliphatic carbocycles. The molecule has 3 rings (SSSR count). The number of nitrogens with two attached hydrogens (primary N) is 1. The number of nitrogens with zero attached hydrogens (tertiary/aromatic N) is 4. The molecular weight excluding hydrogens is 308 g/mol. The summed E-state index contributed by atoms with van der Waals surface area (Å²) in [6, 6.07) is 3.35. The summed E-state index contributed by atoms with van der Waals surface area (Å²) < 4.78 is 1.64. The van der Waals surface area contributed by atoms with Gasteiger partial charge in [0, 0.05) is 6.20 Å². The Kier molecular flexibility index (Phi) is 4.54. The summed E-state index contributed by atoms with van der Waals surface area (Å²) in [6.45, 7) is 0. The number of hydrogen-bond donors (Lipinski definition) is 2. The smallest absolute Gasteiger partial charge is 0.253 e. The summed E-state index contributed by atoms with van der Waals surface area (Å²) in [5.41, 5.74) is 5.03. The SMILES string of the molecule is NC(=O)C1(NC(=O)c2ccc(-n3cnnc3)nc2)CCCCCC1. The summed E-state index contributed by atoms with van der Waals surface area (Å²) >= 11 is 0. The van der Waals surface area contributed by atoms with Gasteiger partial charge in [0.2, 0.25) is 5.91 Å². The second kappa shape index (κ2) is 6.77. The van der Waals surface area contributed by atoms with Crippen LogP contribution in [0.5, 0.6) is 0 Å². The molecule has 2 heterocycles. The lowest BCUT2D eigenvalue weighted by Crippen LogP contribution is -2.57. The molecule has 1 aliphatic rings. The molecular formula is C16H20N6O2. The second-order valence-corrected chi connectivity index (χ2v) is 6.09. The highest BCUT2D eigenvalue weighted by atomic mass is 16.2. The van der Waals surface area contributed by atoms with E-state index in [4.69, 9.17) is 5.73 Å². The van der Waals surface area contributed by atoms with Crippen LogP contribution < -0.4 is 11.1 Å². The van der Waals surface area contributed by atoms with Crippen LogP contribution in [0.3, 0.4) is 0 Å². The predicted octanol–water partition coefficient (Wildman–Crippen LogP) is 0.970. The molecule has 0 spiro atoms. The molecule has 0 aliphatic heterocycles. The molecule has 2 amide bonds. The van der Waals surface area contributed by atoms with E-state index < -0.39 is 11.4 Å². The van der Waals surface area contributed by atoms with Gasteiger partial charge in [0.15, 0.2) is 0 Å². The molecule has 2 aromatic rings. The Labute approximate surface area is 139 Å². The van der Waals surface area contributed by atoms with E-state index in [0.717, 1.165) is 25.7 Å². The van der Waals surface area contributed by atoms with Crippen LogP contribution in [0.4, 0.5) is 0 Å². The molecule has 0 atom stereocenters. The van der Waals surface area contributed by atoms with Crippen LogP contribution >= 0.6 is 0 Å². The molecule has 3 N–H and O–H groups in total.